The fourth-order valence-electron chi connectivity index (χ4n) is 1.01. The molecule has 0 aromatic heterocycles. The van der Waals surface area contributed by atoms with Gasteiger partial charge >= 0.3 is 0 Å². The Labute approximate surface area is 79.5 Å². The lowest BCUT2D eigenvalue weighted by Gasteiger charge is -2.12. The van der Waals surface area contributed by atoms with Crippen molar-refractivity contribution in [1.82, 2.24) is 0 Å². The Balaban J connectivity index is 2.86. The van der Waals surface area contributed by atoms with Gasteiger partial charge in [0.2, 0.25) is 8.38 Å². The molecule has 0 spiro atoms. The van der Waals surface area contributed by atoms with E-state index < -0.39 is 8.38 Å². The minimum Gasteiger partial charge on any atom is -0.497 e. The number of methoxy groups -OCH3 is 1. The first kappa shape index (κ1) is 10.5. The lowest BCUT2D eigenvalue weighted by Crippen LogP contribution is -2.03. The van der Waals surface area contributed by atoms with E-state index in [0.717, 1.165) is 11.1 Å². The van der Waals surface area contributed by atoms with Crippen LogP contribution in [0.4, 0.5) is 0 Å². The first-order valence-corrected chi connectivity index (χ1v) is 5.02. The van der Waals surface area contributed by atoms with Crippen LogP contribution in [0.2, 0.25) is 0 Å². The molecule has 0 atom stereocenters. The van der Waals surface area contributed by atoms with E-state index in [2.05, 4.69) is 0 Å². The summed E-state index contributed by atoms with van der Waals surface area (Å²) in [5, 5.41) is 1.01. The van der Waals surface area contributed by atoms with Crippen molar-refractivity contribution in [2.45, 2.75) is 0 Å². The lowest BCUT2D eigenvalue weighted by molar-refractivity contribution is 0.350. The summed E-state index contributed by atoms with van der Waals surface area (Å²) in [7, 11) is 3.95. The average Bonchev–Trinajstić information content (AvgIpc) is 2.20. The molecule has 13 heavy (non-hydrogen) atoms. The summed E-state index contributed by atoms with van der Waals surface area (Å²) in [5.41, 5.74) is 0. The standard InChI is InChI=1S/C9H13O3P/c1-10-8-5-4-6-9(7-8)13(11-2)12-3/h4-7H,1-3H3. The molecule has 0 fully saturated rings. The molecule has 1 rings (SSSR count). The third-order valence-electron chi connectivity index (χ3n) is 1.60. The topological polar surface area (TPSA) is 27.7 Å². The molecule has 0 saturated heterocycles. The summed E-state index contributed by atoms with van der Waals surface area (Å²) in [4.78, 5) is 0. The fraction of sp³-hybridized carbons (Fsp3) is 0.333. The van der Waals surface area contributed by atoms with Crippen molar-refractivity contribution in [3.63, 3.8) is 0 Å². The van der Waals surface area contributed by atoms with Crippen molar-refractivity contribution in [1.29, 1.82) is 0 Å². The van der Waals surface area contributed by atoms with Gasteiger partial charge in [-0.15, -0.1) is 0 Å². The Kier molecular flexibility index (Phi) is 4.16. The molecule has 0 bridgehead atoms. The van der Waals surface area contributed by atoms with Crippen LogP contribution in [0.1, 0.15) is 0 Å². The van der Waals surface area contributed by atoms with Gasteiger partial charge in [-0.05, 0) is 18.2 Å². The third-order valence-corrected chi connectivity index (χ3v) is 2.96. The molecule has 0 saturated carbocycles. The Morgan fingerprint density at radius 1 is 1.08 bits per heavy atom. The van der Waals surface area contributed by atoms with E-state index in [9.17, 15) is 0 Å². The number of hydrogen-bond acceptors (Lipinski definition) is 3. The van der Waals surface area contributed by atoms with Crippen molar-refractivity contribution >= 4 is 13.7 Å². The van der Waals surface area contributed by atoms with Crippen LogP contribution in [-0.4, -0.2) is 21.3 Å². The highest BCUT2D eigenvalue weighted by molar-refractivity contribution is 7.55. The first-order valence-electron chi connectivity index (χ1n) is 3.84. The Morgan fingerprint density at radius 3 is 2.31 bits per heavy atom. The quantitative estimate of drug-likeness (QED) is 0.695. The Morgan fingerprint density at radius 2 is 1.77 bits per heavy atom. The molecule has 0 N–H and O–H groups in total. The summed E-state index contributed by atoms with van der Waals surface area (Å²) < 4.78 is 15.4. The average molecular weight is 200 g/mol. The summed E-state index contributed by atoms with van der Waals surface area (Å²) in [6.07, 6.45) is 0. The largest absolute Gasteiger partial charge is 0.497 e. The maximum absolute atomic E-state index is 5.17. The van der Waals surface area contributed by atoms with Crippen LogP contribution in [-0.2, 0) is 9.05 Å². The van der Waals surface area contributed by atoms with E-state index in [4.69, 9.17) is 13.8 Å². The molecule has 0 aliphatic rings. The van der Waals surface area contributed by atoms with Gasteiger partial charge < -0.3 is 13.8 Å². The molecule has 1 aromatic carbocycles. The van der Waals surface area contributed by atoms with Gasteiger partial charge in [-0.3, -0.25) is 0 Å². The van der Waals surface area contributed by atoms with Crippen LogP contribution < -0.4 is 10.0 Å². The van der Waals surface area contributed by atoms with Crippen molar-refractivity contribution < 1.29 is 13.8 Å². The van der Waals surface area contributed by atoms with Crippen LogP contribution in [0.25, 0.3) is 0 Å². The monoisotopic (exact) mass is 200 g/mol. The van der Waals surface area contributed by atoms with Crippen molar-refractivity contribution in [2.75, 3.05) is 21.3 Å². The van der Waals surface area contributed by atoms with Crippen molar-refractivity contribution in [3.8, 4) is 5.75 Å². The zero-order chi connectivity index (χ0) is 9.68. The van der Waals surface area contributed by atoms with Crippen molar-refractivity contribution in [2.24, 2.45) is 0 Å². The van der Waals surface area contributed by atoms with Crippen LogP contribution in [0.15, 0.2) is 24.3 Å². The highest BCUT2D eigenvalue weighted by atomic mass is 31.2. The molecule has 0 aliphatic carbocycles. The summed E-state index contributed by atoms with van der Waals surface area (Å²) in [6.45, 7) is 0. The molecule has 0 heterocycles. The van der Waals surface area contributed by atoms with Gasteiger partial charge in [0.25, 0.3) is 0 Å². The minimum atomic E-state index is -0.953. The molecule has 4 heteroatoms. The van der Waals surface area contributed by atoms with Gasteiger partial charge in [-0.2, -0.15) is 0 Å². The Hall–Kier alpha value is -0.630. The maximum Gasteiger partial charge on any atom is 0.204 e. The summed E-state index contributed by atoms with van der Waals surface area (Å²) in [5.74, 6) is 0.819. The normalized spacial score (nSPS) is 10.5. The molecule has 3 nitrogen and oxygen atoms in total. The van der Waals surface area contributed by atoms with Gasteiger partial charge in [0.15, 0.2) is 0 Å². The van der Waals surface area contributed by atoms with Gasteiger partial charge in [0.1, 0.15) is 5.75 Å². The van der Waals surface area contributed by atoms with Crippen LogP contribution >= 0.6 is 8.38 Å². The molecule has 0 unspecified atom stereocenters. The smallest absolute Gasteiger partial charge is 0.204 e. The van der Waals surface area contributed by atoms with Crippen molar-refractivity contribution in [3.05, 3.63) is 24.3 Å². The highest BCUT2D eigenvalue weighted by Crippen LogP contribution is 2.35. The molecular formula is C9H13O3P. The molecule has 0 radical (unpaired) electrons. The second kappa shape index (κ2) is 5.18. The first-order chi connectivity index (χ1) is 6.31. The predicted octanol–water partition coefficient (Wildman–Crippen LogP) is 1.93. The molecule has 72 valence electrons. The number of hydrogen-bond donors (Lipinski definition) is 0. The second-order valence-corrected chi connectivity index (χ2v) is 4.08. The maximum atomic E-state index is 5.17. The number of rotatable bonds is 4. The van der Waals surface area contributed by atoms with E-state index in [1.165, 1.54) is 0 Å². The molecular weight excluding hydrogens is 187 g/mol. The number of benzene rings is 1. The fourth-order valence-corrected chi connectivity index (χ4v) is 2.02. The van der Waals surface area contributed by atoms with E-state index in [1.54, 1.807) is 21.3 Å². The number of ether oxygens (including phenoxy) is 1. The van der Waals surface area contributed by atoms with Crippen LogP contribution in [0.3, 0.4) is 0 Å². The van der Waals surface area contributed by atoms with Crippen LogP contribution in [0.5, 0.6) is 5.75 Å². The lowest BCUT2D eigenvalue weighted by atomic mass is 10.3. The zero-order valence-corrected chi connectivity index (χ0v) is 8.88. The predicted molar refractivity (Wildman–Crippen MR) is 53.6 cm³/mol. The van der Waals surface area contributed by atoms with Crippen LogP contribution in [0, 0.1) is 0 Å². The summed E-state index contributed by atoms with van der Waals surface area (Å²) in [6, 6.07) is 7.68. The van der Waals surface area contributed by atoms with E-state index in [1.807, 2.05) is 24.3 Å². The summed E-state index contributed by atoms with van der Waals surface area (Å²) >= 11 is 0. The Bertz CT molecular complexity index is 261. The zero-order valence-electron chi connectivity index (χ0n) is 7.98. The SMILES string of the molecule is COc1cccc(P(OC)OC)c1. The van der Waals surface area contributed by atoms with Gasteiger partial charge in [-0.1, -0.05) is 6.07 Å². The van der Waals surface area contributed by atoms with E-state index in [-0.39, 0.29) is 0 Å². The highest BCUT2D eigenvalue weighted by Gasteiger charge is 2.10. The molecule has 0 aliphatic heterocycles. The molecule has 1 aromatic rings. The third kappa shape index (κ3) is 2.66. The van der Waals surface area contributed by atoms with Gasteiger partial charge in [0.05, 0.1) is 7.11 Å². The molecule has 0 amide bonds. The van der Waals surface area contributed by atoms with Gasteiger partial charge in [-0.25, -0.2) is 0 Å². The van der Waals surface area contributed by atoms with E-state index in [0.29, 0.717) is 0 Å². The minimum absolute atomic E-state index is 0.819. The second-order valence-electron chi connectivity index (χ2n) is 2.32. The van der Waals surface area contributed by atoms with E-state index >= 15 is 0 Å². The van der Waals surface area contributed by atoms with Gasteiger partial charge in [0, 0.05) is 19.5 Å².